The summed E-state index contributed by atoms with van der Waals surface area (Å²) in [6.07, 6.45) is 5.09. The van der Waals surface area contributed by atoms with E-state index in [1.807, 2.05) is 31.2 Å². The average molecular weight is 350 g/mol. The van der Waals surface area contributed by atoms with Gasteiger partial charge < -0.3 is 15.4 Å². The highest BCUT2D eigenvalue weighted by Crippen LogP contribution is 2.30. The molecular weight excluding hydrogens is 328 g/mol. The van der Waals surface area contributed by atoms with Crippen LogP contribution in [0.25, 0.3) is 6.08 Å². The predicted octanol–water partition coefficient (Wildman–Crippen LogP) is 4.00. The largest absolute Gasteiger partial charge is 0.496 e. The van der Waals surface area contributed by atoms with Crippen molar-refractivity contribution in [1.29, 1.82) is 0 Å². The molecule has 0 spiro atoms. The van der Waals surface area contributed by atoms with Gasteiger partial charge in [0.1, 0.15) is 5.75 Å². The van der Waals surface area contributed by atoms with E-state index in [0.717, 1.165) is 24.0 Å². The first-order valence-electron chi connectivity index (χ1n) is 8.60. The van der Waals surface area contributed by atoms with Crippen molar-refractivity contribution >= 4 is 29.3 Å². The lowest BCUT2D eigenvalue weighted by Gasteiger charge is -2.08. The predicted molar refractivity (Wildman–Crippen MR) is 103 cm³/mol. The van der Waals surface area contributed by atoms with Crippen LogP contribution in [0.4, 0.5) is 11.4 Å². The number of aryl methyl sites for hydroxylation is 1. The molecule has 0 saturated heterocycles. The van der Waals surface area contributed by atoms with E-state index in [9.17, 15) is 9.59 Å². The number of rotatable bonds is 6. The van der Waals surface area contributed by atoms with Crippen molar-refractivity contribution in [2.45, 2.75) is 19.8 Å². The summed E-state index contributed by atoms with van der Waals surface area (Å²) in [5.74, 6) is 0.643. The summed E-state index contributed by atoms with van der Waals surface area (Å²) in [5, 5.41) is 5.68. The molecule has 2 amide bonds. The first-order valence-corrected chi connectivity index (χ1v) is 8.60. The zero-order valence-electron chi connectivity index (χ0n) is 14.9. The molecule has 5 nitrogen and oxygen atoms in total. The molecule has 0 heterocycles. The Kier molecular flexibility index (Phi) is 5.37. The third-order valence-electron chi connectivity index (χ3n) is 4.15. The van der Waals surface area contributed by atoms with Gasteiger partial charge in [-0.2, -0.15) is 0 Å². The number of hydrogen-bond acceptors (Lipinski definition) is 3. The van der Waals surface area contributed by atoms with Crippen molar-refractivity contribution in [3.05, 3.63) is 59.7 Å². The second kappa shape index (κ2) is 7.87. The molecule has 1 aliphatic rings. The van der Waals surface area contributed by atoms with Gasteiger partial charge in [-0.3, -0.25) is 9.59 Å². The molecule has 26 heavy (non-hydrogen) atoms. The second-order valence-corrected chi connectivity index (χ2v) is 6.41. The molecule has 3 rings (SSSR count). The lowest BCUT2D eigenvalue weighted by Crippen LogP contribution is -2.14. The Morgan fingerprint density at radius 2 is 1.81 bits per heavy atom. The number of methoxy groups -OCH3 is 1. The van der Waals surface area contributed by atoms with E-state index in [1.54, 1.807) is 31.4 Å². The maximum absolute atomic E-state index is 12.2. The Morgan fingerprint density at radius 3 is 2.50 bits per heavy atom. The SMILES string of the molecule is COc1ccc(C)cc1/C=C/C(=O)Nc1cccc(NC(=O)C2CC2)c1. The number of amides is 2. The van der Waals surface area contributed by atoms with Crippen LogP contribution < -0.4 is 15.4 Å². The van der Waals surface area contributed by atoms with Crippen LogP contribution in [-0.4, -0.2) is 18.9 Å². The van der Waals surface area contributed by atoms with Crippen molar-refractivity contribution in [2.75, 3.05) is 17.7 Å². The molecule has 0 unspecified atom stereocenters. The van der Waals surface area contributed by atoms with Gasteiger partial charge in [0.15, 0.2) is 0 Å². The average Bonchev–Trinajstić information content (AvgIpc) is 3.45. The summed E-state index contributed by atoms with van der Waals surface area (Å²) in [4.78, 5) is 24.0. The third kappa shape index (κ3) is 4.72. The van der Waals surface area contributed by atoms with Gasteiger partial charge in [0, 0.05) is 28.9 Å². The van der Waals surface area contributed by atoms with Crippen LogP contribution in [0.2, 0.25) is 0 Å². The standard InChI is InChI=1S/C21H22N2O3/c1-14-6-10-19(26-2)16(12-14)9-11-20(24)22-17-4-3-5-18(13-17)23-21(25)15-7-8-15/h3-6,9-13,15H,7-8H2,1-2H3,(H,22,24)(H,23,25)/b11-9+. The molecular formula is C21H22N2O3. The highest BCUT2D eigenvalue weighted by atomic mass is 16.5. The molecule has 0 aromatic heterocycles. The maximum Gasteiger partial charge on any atom is 0.248 e. The smallest absolute Gasteiger partial charge is 0.248 e. The van der Waals surface area contributed by atoms with E-state index < -0.39 is 0 Å². The number of hydrogen-bond donors (Lipinski definition) is 2. The Bertz CT molecular complexity index is 854. The highest BCUT2D eigenvalue weighted by molar-refractivity contribution is 6.02. The fraction of sp³-hybridized carbons (Fsp3) is 0.238. The van der Waals surface area contributed by atoms with Gasteiger partial charge >= 0.3 is 0 Å². The van der Waals surface area contributed by atoms with E-state index >= 15 is 0 Å². The van der Waals surface area contributed by atoms with Crippen LogP contribution in [-0.2, 0) is 9.59 Å². The monoisotopic (exact) mass is 350 g/mol. The van der Waals surface area contributed by atoms with E-state index in [4.69, 9.17) is 4.74 Å². The summed E-state index contributed by atoms with van der Waals surface area (Å²) in [5.41, 5.74) is 3.24. The Morgan fingerprint density at radius 1 is 1.08 bits per heavy atom. The van der Waals surface area contributed by atoms with Crippen molar-refractivity contribution in [3.8, 4) is 5.75 Å². The quantitative estimate of drug-likeness (QED) is 0.774. The van der Waals surface area contributed by atoms with Crippen molar-refractivity contribution in [1.82, 2.24) is 0 Å². The van der Waals surface area contributed by atoms with E-state index in [1.165, 1.54) is 6.08 Å². The Hall–Kier alpha value is -3.08. The molecule has 134 valence electrons. The molecule has 2 aromatic rings. The number of nitrogens with one attached hydrogen (secondary N) is 2. The zero-order valence-corrected chi connectivity index (χ0v) is 14.9. The molecule has 1 fully saturated rings. The van der Waals surface area contributed by atoms with Gasteiger partial charge in [0.05, 0.1) is 7.11 Å². The summed E-state index contributed by atoms with van der Waals surface area (Å²) < 4.78 is 5.30. The molecule has 0 aliphatic heterocycles. The normalized spacial score (nSPS) is 13.5. The number of carbonyl (C=O) groups excluding carboxylic acids is 2. The number of carbonyl (C=O) groups is 2. The van der Waals surface area contributed by atoms with Crippen LogP contribution in [0.1, 0.15) is 24.0 Å². The van der Waals surface area contributed by atoms with E-state index in [-0.39, 0.29) is 17.7 Å². The number of ether oxygens (including phenoxy) is 1. The molecule has 0 bridgehead atoms. The Labute approximate surface area is 153 Å². The summed E-state index contributed by atoms with van der Waals surface area (Å²) in [6.45, 7) is 1.98. The van der Waals surface area contributed by atoms with Crippen LogP contribution in [0.3, 0.4) is 0 Å². The summed E-state index contributed by atoms with van der Waals surface area (Å²) in [6, 6.07) is 12.9. The fourth-order valence-electron chi connectivity index (χ4n) is 2.60. The van der Waals surface area contributed by atoms with Crippen LogP contribution in [0.15, 0.2) is 48.5 Å². The lowest BCUT2D eigenvalue weighted by molar-refractivity contribution is -0.117. The first kappa shape index (κ1) is 17.7. The van der Waals surface area contributed by atoms with Gasteiger partial charge in [-0.1, -0.05) is 17.7 Å². The van der Waals surface area contributed by atoms with Gasteiger partial charge in [0.2, 0.25) is 11.8 Å². The molecule has 0 atom stereocenters. The maximum atomic E-state index is 12.2. The molecule has 5 heteroatoms. The van der Waals surface area contributed by atoms with Gasteiger partial charge in [-0.25, -0.2) is 0 Å². The minimum absolute atomic E-state index is 0.0416. The topological polar surface area (TPSA) is 67.4 Å². The zero-order chi connectivity index (χ0) is 18.5. The minimum Gasteiger partial charge on any atom is -0.496 e. The third-order valence-corrected chi connectivity index (χ3v) is 4.15. The molecule has 2 N–H and O–H groups in total. The Balaban J connectivity index is 1.64. The molecule has 0 radical (unpaired) electrons. The van der Waals surface area contributed by atoms with Crippen LogP contribution >= 0.6 is 0 Å². The number of benzene rings is 2. The summed E-state index contributed by atoms with van der Waals surface area (Å²) in [7, 11) is 1.60. The number of anilines is 2. The second-order valence-electron chi connectivity index (χ2n) is 6.41. The molecule has 2 aromatic carbocycles. The minimum atomic E-state index is -0.251. The molecule has 1 aliphatic carbocycles. The lowest BCUT2D eigenvalue weighted by atomic mass is 10.1. The van der Waals surface area contributed by atoms with Crippen LogP contribution in [0.5, 0.6) is 5.75 Å². The molecule has 1 saturated carbocycles. The van der Waals surface area contributed by atoms with Crippen molar-refractivity contribution in [2.24, 2.45) is 5.92 Å². The highest BCUT2D eigenvalue weighted by Gasteiger charge is 2.29. The summed E-state index contributed by atoms with van der Waals surface area (Å²) >= 11 is 0. The van der Waals surface area contributed by atoms with E-state index in [2.05, 4.69) is 10.6 Å². The fourth-order valence-corrected chi connectivity index (χ4v) is 2.60. The van der Waals surface area contributed by atoms with E-state index in [0.29, 0.717) is 17.1 Å². The van der Waals surface area contributed by atoms with Crippen molar-refractivity contribution < 1.29 is 14.3 Å². The van der Waals surface area contributed by atoms with Gasteiger partial charge in [0.25, 0.3) is 0 Å². The van der Waals surface area contributed by atoms with Gasteiger partial charge in [-0.15, -0.1) is 0 Å². The first-order chi connectivity index (χ1) is 12.5. The van der Waals surface area contributed by atoms with Gasteiger partial charge in [-0.05, 0) is 56.2 Å². The van der Waals surface area contributed by atoms with Crippen molar-refractivity contribution in [3.63, 3.8) is 0 Å². The van der Waals surface area contributed by atoms with Crippen LogP contribution in [0, 0.1) is 12.8 Å².